The van der Waals surface area contributed by atoms with Gasteiger partial charge in [0.25, 0.3) is 5.56 Å². The molecule has 9 N–H and O–H groups in total. The molecule has 0 fully saturated rings. The van der Waals surface area contributed by atoms with Crippen molar-refractivity contribution < 1.29 is 62.5 Å². The first-order valence-electron chi connectivity index (χ1n) is 24.5. The second-order valence-electron chi connectivity index (χ2n) is 18.4. The molecule has 2 aliphatic heterocycles. The second-order valence-corrected chi connectivity index (χ2v) is 21.1. The summed E-state index contributed by atoms with van der Waals surface area (Å²) in [6.07, 6.45) is 2.13. The SMILES string of the molecule is CC[C@@]1(O)C(=O)OCc2c1cc1n(c2=O)Cc2c-1nc1cc(F)c(C)c3c1c2[C@@H](NC(=O)CCCNC(=O)CNC(=O)[C@H](Cc1ccccc1)NC(=O)CNC(=O)CNC(=O)[C@H](CC(=O)O)NC(=O)CCSSC)CC3. The number of pyridine rings is 2. The average Bonchev–Trinajstić information content (AvgIpc) is 3.84. The van der Waals surface area contributed by atoms with Crippen molar-refractivity contribution in [2.24, 2.45) is 0 Å². The quantitative estimate of drug-likeness (QED) is 0.0236. The number of ether oxygens (including phenoxy) is 1. The van der Waals surface area contributed by atoms with E-state index in [4.69, 9.17) is 9.72 Å². The lowest BCUT2D eigenvalue weighted by Crippen LogP contribution is -2.53. The highest BCUT2D eigenvalue weighted by Gasteiger charge is 2.46. The number of carbonyl (C=O) groups excluding carboxylic acids is 8. The van der Waals surface area contributed by atoms with Crippen LogP contribution in [0.2, 0.25) is 0 Å². The number of carboxylic acids is 1. The Labute approximate surface area is 442 Å². The molecule has 25 heteroatoms. The van der Waals surface area contributed by atoms with Gasteiger partial charge in [0.05, 0.1) is 61.1 Å². The van der Waals surface area contributed by atoms with E-state index < -0.39 is 109 Å². The van der Waals surface area contributed by atoms with Crippen LogP contribution in [0.5, 0.6) is 0 Å². The molecule has 0 spiro atoms. The van der Waals surface area contributed by atoms with Gasteiger partial charge in [-0.25, -0.2) is 14.2 Å². The number of cyclic esters (lactones) is 1. The van der Waals surface area contributed by atoms with Crippen molar-refractivity contribution in [2.45, 2.75) is 102 Å². The van der Waals surface area contributed by atoms with Crippen LogP contribution in [0, 0.1) is 12.7 Å². The molecule has 0 unspecified atom stereocenters. The van der Waals surface area contributed by atoms with E-state index in [2.05, 4.69) is 37.2 Å². The summed E-state index contributed by atoms with van der Waals surface area (Å²) in [6.45, 7) is 1.35. The van der Waals surface area contributed by atoms with Gasteiger partial charge in [-0.2, -0.15) is 0 Å². The number of aromatic nitrogens is 2. The van der Waals surface area contributed by atoms with Gasteiger partial charge in [0.2, 0.25) is 41.4 Å². The molecule has 4 aromatic rings. The van der Waals surface area contributed by atoms with Gasteiger partial charge in [-0.05, 0) is 67.2 Å². The number of benzene rings is 2. The Bertz CT molecular complexity index is 3050. The first-order valence-corrected chi connectivity index (χ1v) is 27.3. The van der Waals surface area contributed by atoms with Crippen LogP contribution in [0.15, 0.2) is 47.3 Å². The van der Waals surface area contributed by atoms with Crippen molar-refractivity contribution in [2.75, 3.05) is 38.2 Å². The lowest BCUT2D eigenvalue weighted by molar-refractivity contribution is -0.172. The number of esters is 1. The third kappa shape index (κ3) is 13.0. The second kappa shape index (κ2) is 25.0. The van der Waals surface area contributed by atoms with Gasteiger partial charge in [-0.15, -0.1) is 0 Å². The van der Waals surface area contributed by atoms with Crippen molar-refractivity contribution in [3.63, 3.8) is 0 Å². The maximum atomic E-state index is 15.4. The standard InChI is InChI=1S/C51H58FN9O13S2/c1-4-51(73)31-18-37-46-29(24-61(37)49(71)30(31)25-74-50(51)72)45-33(13-12-28-26(2)32(52)19-34(60-46)44(28)45)57-38(62)11-8-15-53-40(64)21-55-47(69)35(17-27-9-6-5-7-10-27)59-42(66)23-54-41(65)22-56-48(70)36(20-43(67)68)58-39(63)14-16-76-75-3/h5-7,9-10,18-19,33,35-36,73H,4,8,11-17,20-25H2,1-3H3,(H,53,64)(H,54,65)(H,55,69)(H,56,70)(H,57,62)(H,58,63)(H,59,66)(H,67,68)/t33-,35-,36-,51-/m0/s1. The fourth-order valence-electron chi connectivity index (χ4n) is 9.50. The molecule has 22 nitrogen and oxygen atoms in total. The number of aryl methyl sites for hydroxylation is 1. The van der Waals surface area contributed by atoms with E-state index in [9.17, 15) is 58.2 Å². The molecule has 7 amide bonds. The molecular weight excluding hydrogens is 1030 g/mol. The Morgan fingerprint density at radius 3 is 2.25 bits per heavy atom. The number of halogens is 1. The van der Waals surface area contributed by atoms with Crippen molar-refractivity contribution in [1.82, 2.24) is 46.8 Å². The summed E-state index contributed by atoms with van der Waals surface area (Å²) in [5.74, 6) is -6.95. The van der Waals surface area contributed by atoms with Gasteiger partial charge in [0.15, 0.2) is 5.60 Å². The molecule has 1 aliphatic carbocycles. The molecule has 404 valence electrons. The van der Waals surface area contributed by atoms with Gasteiger partial charge in [0, 0.05) is 54.1 Å². The fourth-order valence-corrected chi connectivity index (χ4v) is 10.7. The molecule has 2 aromatic heterocycles. The van der Waals surface area contributed by atoms with Crippen LogP contribution in [0.25, 0.3) is 22.3 Å². The molecule has 7 rings (SSSR count). The van der Waals surface area contributed by atoms with Crippen LogP contribution in [0.3, 0.4) is 0 Å². The highest BCUT2D eigenvalue weighted by atomic mass is 33.1. The number of rotatable bonds is 24. The van der Waals surface area contributed by atoms with E-state index in [1.54, 1.807) is 50.2 Å². The van der Waals surface area contributed by atoms with E-state index in [0.717, 1.165) is 5.56 Å². The van der Waals surface area contributed by atoms with Gasteiger partial charge in [-0.3, -0.25) is 43.2 Å². The number of carbonyl (C=O) groups is 9. The first kappa shape index (κ1) is 56.3. The Balaban J connectivity index is 0.911. The van der Waals surface area contributed by atoms with Gasteiger partial charge in [-0.1, -0.05) is 58.8 Å². The predicted octanol–water partition coefficient (Wildman–Crippen LogP) is 0.964. The molecular formula is C51H58FN9O13S2. The van der Waals surface area contributed by atoms with Crippen molar-refractivity contribution in [3.05, 3.63) is 97.6 Å². The highest BCUT2D eigenvalue weighted by Crippen LogP contribution is 2.46. The van der Waals surface area contributed by atoms with Gasteiger partial charge >= 0.3 is 11.9 Å². The van der Waals surface area contributed by atoms with Gasteiger partial charge in [0.1, 0.15) is 24.5 Å². The number of fused-ring (bicyclic) bond motifs is 5. The Kier molecular flexibility index (Phi) is 18.5. The summed E-state index contributed by atoms with van der Waals surface area (Å²) in [4.78, 5) is 133. The van der Waals surface area contributed by atoms with Crippen molar-refractivity contribution in [1.29, 1.82) is 0 Å². The number of hydrogen-bond donors (Lipinski definition) is 9. The van der Waals surface area contributed by atoms with E-state index in [1.807, 2.05) is 6.26 Å². The van der Waals surface area contributed by atoms with E-state index in [0.29, 0.717) is 63.1 Å². The van der Waals surface area contributed by atoms with Crippen molar-refractivity contribution in [3.8, 4) is 11.4 Å². The summed E-state index contributed by atoms with van der Waals surface area (Å²) in [5.41, 5.74) is 2.01. The molecule has 4 atom stereocenters. The zero-order valence-corrected chi connectivity index (χ0v) is 43.5. The largest absolute Gasteiger partial charge is 0.481 e. The number of carboxylic acid groups (broad SMARTS) is 1. The minimum atomic E-state index is -2.05. The smallest absolute Gasteiger partial charge is 0.343 e. The first-order chi connectivity index (χ1) is 36.3. The molecule has 3 aliphatic rings. The number of hydrogen-bond acceptors (Lipinski definition) is 15. The van der Waals surface area contributed by atoms with Crippen LogP contribution in [0.1, 0.15) is 90.4 Å². The summed E-state index contributed by atoms with van der Waals surface area (Å²) >= 11 is 0. The molecule has 0 radical (unpaired) electrons. The van der Waals surface area contributed by atoms with Crippen LogP contribution in [-0.4, -0.2) is 123 Å². The number of nitrogens with one attached hydrogen (secondary N) is 7. The molecule has 2 aromatic carbocycles. The maximum absolute atomic E-state index is 15.4. The van der Waals surface area contributed by atoms with Crippen LogP contribution in [0.4, 0.5) is 4.39 Å². The van der Waals surface area contributed by atoms with E-state index >= 15 is 4.39 Å². The predicted molar refractivity (Wildman–Crippen MR) is 277 cm³/mol. The number of aliphatic hydroxyl groups is 1. The lowest BCUT2D eigenvalue weighted by Gasteiger charge is -2.31. The molecule has 0 saturated carbocycles. The molecule has 4 heterocycles. The third-order valence-electron chi connectivity index (χ3n) is 13.4. The zero-order valence-electron chi connectivity index (χ0n) is 41.9. The van der Waals surface area contributed by atoms with Crippen LogP contribution >= 0.6 is 21.6 Å². The van der Waals surface area contributed by atoms with Crippen LogP contribution < -0.4 is 42.8 Å². The molecule has 0 bridgehead atoms. The molecule has 0 saturated heterocycles. The van der Waals surface area contributed by atoms with E-state index in [-0.39, 0.29) is 68.8 Å². The maximum Gasteiger partial charge on any atom is 0.343 e. The number of aliphatic carboxylic acids is 1. The number of amides is 7. The fraction of sp³-hybridized carbons (Fsp3) is 0.431. The van der Waals surface area contributed by atoms with Crippen molar-refractivity contribution >= 4 is 85.8 Å². The Morgan fingerprint density at radius 1 is 0.868 bits per heavy atom. The zero-order chi connectivity index (χ0) is 54.8. The number of nitrogens with zero attached hydrogens (tertiary/aromatic N) is 2. The summed E-state index contributed by atoms with van der Waals surface area (Å²) < 4.78 is 22.1. The minimum Gasteiger partial charge on any atom is -0.481 e. The average molecular weight is 1090 g/mol. The Morgan fingerprint density at radius 2 is 1.55 bits per heavy atom. The monoisotopic (exact) mass is 1090 g/mol. The summed E-state index contributed by atoms with van der Waals surface area (Å²) in [5, 5.41) is 39.0. The minimum absolute atomic E-state index is 0.0108. The summed E-state index contributed by atoms with van der Waals surface area (Å²) in [7, 11) is 2.85. The normalized spacial score (nSPS) is 16.6. The van der Waals surface area contributed by atoms with Gasteiger partial charge < -0.3 is 56.7 Å². The summed E-state index contributed by atoms with van der Waals surface area (Å²) in [6, 6.07) is 8.37. The molecule has 76 heavy (non-hydrogen) atoms. The lowest BCUT2D eigenvalue weighted by atomic mass is 9.81. The highest BCUT2D eigenvalue weighted by molar-refractivity contribution is 8.76. The van der Waals surface area contributed by atoms with Crippen LogP contribution in [-0.2, 0) is 79.5 Å². The third-order valence-corrected chi connectivity index (χ3v) is 15.2. The topological polar surface area (TPSA) is 322 Å². The Hall–Kier alpha value is -7.38. The van der Waals surface area contributed by atoms with E-state index in [1.165, 1.54) is 32.2 Å².